The van der Waals surface area contributed by atoms with Crippen LogP contribution in [0, 0.1) is 0 Å². The summed E-state index contributed by atoms with van der Waals surface area (Å²) in [6.45, 7) is 1.64. The number of nitrogens with zero attached hydrogens (tertiary/aromatic N) is 1. The number of carbonyl (C=O) groups is 2. The normalized spacial score (nSPS) is 18.5. The highest BCUT2D eigenvalue weighted by Crippen LogP contribution is 2.20. The molecule has 0 aromatic heterocycles. The third-order valence-electron chi connectivity index (χ3n) is 3.09. The third kappa shape index (κ3) is 2.80. The van der Waals surface area contributed by atoms with Gasteiger partial charge in [-0.1, -0.05) is 0 Å². The Morgan fingerprint density at radius 1 is 1.44 bits per heavy atom. The molecular formula is C13H16N2O3. The van der Waals surface area contributed by atoms with Gasteiger partial charge >= 0.3 is 6.09 Å². The number of hydrogen-bond acceptors (Lipinski definition) is 4. The molecule has 1 saturated heterocycles. The van der Waals surface area contributed by atoms with Gasteiger partial charge in [-0.3, -0.25) is 4.79 Å². The standard InChI is InChI=1S/C13H16N2O3/c1-18-13(17)14-11-6-7-15(8-11)12-4-2-10(9-16)3-5-12/h2-5,9,11H,6-8H2,1H3,(H,14,17). The van der Waals surface area contributed by atoms with Crippen molar-refractivity contribution >= 4 is 18.1 Å². The molecule has 1 heterocycles. The van der Waals surface area contributed by atoms with Gasteiger partial charge in [0.1, 0.15) is 6.29 Å². The van der Waals surface area contributed by atoms with Crippen LogP contribution in [0.4, 0.5) is 10.5 Å². The average Bonchev–Trinajstić information content (AvgIpc) is 2.87. The second-order valence-electron chi connectivity index (χ2n) is 4.28. The summed E-state index contributed by atoms with van der Waals surface area (Å²) in [6.07, 6.45) is 1.33. The Morgan fingerprint density at radius 2 is 2.17 bits per heavy atom. The first-order chi connectivity index (χ1) is 8.72. The molecule has 1 aromatic rings. The molecule has 0 saturated carbocycles. The van der Waals surface area contributed by atoms with Gasteiger partial charge in [0.2, 0.25) is 0 Å². The third-order valence-corrected chi connectivity index (χ3v) is 3.09. The lowest BCUT2D eigenvalue weighted by Crippen LogP contribution is -2.36. The lowest BCUT2D eigenvalue weighted by atomic mass is 10.2. The number of benzene rings is 1. The van der Waals surface area contributed by atoms with Gasteiger partial charge in [-0.05, 0) is 30.7 Å². The predicted octanol–water partition coefficient (Wildman–Crippen LogP) is 1.43. The van der Waals surface area contributed by atoms with Crippen molar-refractivity contribution in [3.05, 3.63) is 29.8 Å². The van der Waals surface area contributed by atoms with Crippen LogP contribution >= 0.6 is 0 Å². The summed E-state index contributed by atoms with van der Waals surface area (Å²) in [5, 5.41) is 2.79. The second kappa shape index (κ2) is 5.53. The molecule has 5 heteroatoms. The van der Waals surface area contributed by atoms with E-state index in [4.69, 9.17) is 0 Å². The highest BCUT2D eigenvalue weighted by atomic mass is 16.5. The first-order valence-electron chi connectivity index (χ1n) is 5.87. The fraction of sp³-hybridized carbons (Fsp3) is 0.385. The maximum absolute atomic E-state index is 11.1. The molecule has 1 aliphatic rings. The molecule has 1 aromatic carbocycles. The number of amides is 1. The Bertz CT molecular complexity index is 430. The molecule has 1 atom stereocenters. The van der Waals surface area contributed by atoms with Crippen molar-refractivity contribution in [2.24, 2.45) is 0 Å². The van der Waals surface area contributed by atoms with Crippen molar-refractivity contribution in [2.75, 3.05) is 25.1 Å². The van der Waals surface area contributed by atoms with Gasteiger partial charge in [-0.25, -0.2) is 4.79 Å². The van der Waals surface area contributed by atoms with Crippen LogP contribution in [-0.2, 0) is 4.74 Å². The minimum atomic E-state index is -0.391. The average molecular weight is 248 g/mol. The van der Waals surface area contributed by atoms with Crippen LogP contribution in [0.25, 0.3) is 0 Å². The number of ether oxygens (including phenoxy) is 1. The van der Waals surface area contributed by atoms with Gasteiger partial charge in [-0.2, -0.15) is 0 Å². The van der Waals surface area contributed by atoms with Crippen LogP contribution in [0.5, 0.6) is 0 Å². The van der Waals surface area contributed by atoms with Crippen LogP contribution in [0.3, 0.4) is 0 Å². The van der Waals surface area contributed by atoms with Crippen LogP contribution < -0.4 is 10.2 Å². The molecule has 0 bridgehead atoms. The molecule has 96 valence electrons. The van der Waals surface area contributed by atoms with Crippen molar-refractivity contribution in [3.63, 3.8) is 0 Å². The van der Waals surface area contributed by atoms with E-state index in [0.717, 1.165) is 31.5 Å². The van der Waals surface area contributed by atoms with Crippen molar-refractivity contribution in [1.82, 2.24) is 5.32 Å². The number of anilines is 1. The summed E-state index contributed by atoms with van der Waals surface area (Å²) >= 11 is 0. The van der Waals surface area contributed by atoms with E-state index in [1.165, 1.54) is 7.11 Å². The van der Waals surface area contributed by atoms with E-state index < -0.39 is 6.09 Å². The smallest absolute Gasteiger partial charge is 0.407 e. The minimum Gasteiger partial charge on any atom is -0.453 e. The van der Waals surface area contributed by atoms with Gasteiger partial charge in [-0.15, -0.1) is 0 Å². The van der Waals surface area contributed by atoms with Crippen LogP contribution in [0.1, 0.15) is 16.8 Å². The number of carbonyl (C=O) groups excluding carboxylic acids is 2. The van der Waals surface area contributed by atoms with Crippen molar-refractivity contribution < 1.29 is 14.3 Å². The maximum Gasteiger partial charge on any atom is 0.407 e. The summed E-state index contributed by atoms with van der Waals surface area (Å²) in [5.41, 5.74) is 1.73. The van der Waals surface area contributed by atoms with E-state index in [1.807, 2.05) is 12.1 Å². The summed E-state index contributed by atoms with van der Waals surface area (Å²) in [5.74, 6) is 0. The number of alkyl carbamates (subject to hydrolysis) is 1. The van der Waals surface area contributed by atoms with E-state index in [0.29, 0.717) is 5.56 Å². The quantitative estimate of drug-likeness (QED) is 0.822. The van der Waals surface area contributed by atoms with Crippen LogP contribution in [0.15, 0.2) is 24.3 Å². The Labute approximate surface area is 106 Å². The van der Waals surface area contributed by atoms with Gasteiger partial charge in [0, 0.05) is 24.3 Å². The first kappa shape index (κ1) is 12.4. The lowest BCUT2D eigenvalue weighted by Gasteiger charge is -2.18. The molecule has 18 heavy (non-hydrogen) atoms. The summed E-state index contributed by atoms with van der Waals surface area (Å²) in [4.78, 5) is 23.9. The Balaban J connectivity index is 1.95. The molecule has 0 spiro atoms. The highest BCUT2D eigenvalue weighted by Gasteiger charge is 2.24. The monoisotopic (exact) mass is 248 g/mol. The molecule has 1 N–H and O–H groups in total. The van der Waals surface area contributed by atoms with E-state index in [9.17, 15) is 9.59 Å². The van der Waals surface area contributed by atoms with Crippen LogP contribution in [-0.4, -0.2) is 38.6 Å². The molecule has 0 radical (unpaired) electrons. The topological polar surface area (TPSA) is 58.6 Å². The SMILES string of the molecule is COC(=O)NC1CCN(c2ccc(C=O)cc2)C1. The number of rotatable bonds is 3. The zero-order chi connectivity index (χ0) is 13.0. The van der Waals surface area contributed by atoms with Crippen LogP contribution in [0.2, 0.25) is 0 Å². The van der Waals surface area contributed by atoms with E-state index in [-0.39, 0.29) is 6.04 Å². The molecule has 1 amide bonds. The zero-order valence-corrected chi connectivity index (χ0v) is 10.3. The van der Waals surface area contributed by atoms with Crippen molar-refractivity contribution in [1.29, 1.82) is 0 Å². The van der Waals surface area contributed by atoms with E-state index in [2.05, 4.69) is 15.0 Å². The van der Waals surface area contributed by atoms with Gasteiger partial charge in [0.15, 0.2) is 0 Å². The maximum atomic E-state index is 11.1. The first-order valence-corrected chi connectivity index (χ1v) is 5.87. The molecular weight excluding hydrogens is 232 g/mol. The second-order valence-corrected chi connectivity index (χ2v) is 4.28. The van der Waals surface area contributed by atoms with Gasteiger partial charge < -0.3 is 15.0 Å². The Morgan fingerprint density at radius 3 is 2.78 bits per heavy atom. The van der Waals surface area contributed by atoms with Gasteiger partial charge in [0.25, 0.3) is 0 Å². The number of methoxy groups -OCH3 is 1. The summed E-state index contributed by atoms with van der Waals surface area (Å²) in [7, 11) is 1.36. The number of hydrogen-bond donors (Lipinski definition) is 1. The summed E-state index contributed by atoms with van der Waals surface area (Å²) in [6, 6.07) is 7.55. The lowest BCUT2D eigenvalue weighted by molar-refractivity contribution is 0.112. The molecule has 5 nitrogen and oxygen atoms in total. The zero-order valence-electron chi connectivity index (χ0n) is 10.3. The van der Waals surface area contributed by atoms with Gasteiger partial charge in [0.05, 0.1) is 13.2 Å². The van der Waals surface area contributed by atoms with Crippen molar-refractivity contribution in [3.8, 4) is 0 Å². The highest BCUT2D eigenvalue weighted by molar-refractivity contribution is 5.75. The molecule has 1 fully saturated rings. The molecule has 1 unspecified atom stereocenters. The Kier molecular flexibility index (Phi) is 3.82. The largest absolute Gasteiger partial charge is 0.453 e. The summed E-state index contributed by atoms with van der Waals surface area (Å²) < 4.78 is 4.58. The predicted molar refractivity (Wildman–Crippen MR) is 68.0 cm³/mol. The fourth-order valence-electron chi connectivity index (χ4n) is 2.10. The molecule has 1 aliphatic heterocycles. The molecule has 2 rings (SSSR count). The van der Waals surface area contributed by atoms with Crippen molar-refractivity contribution in [2.45, 2.75) is 12.5 Å². The molecule has 0 aliphatic carbocycles. The Hall–Kier alpha value is -2.04. The minimum absolute atomic E-state index is 0.114. The number of aldehydes is 1. The van der Waals surface area contributed by atoms with E-state index in [1.54, 1.807) is 12.1 Å². The van der Waals surface area contributed by atoms with E-state index >= 15 is 0 Å². The number of nitrogens with one attached hydrogen (secondary N) is 1. The fourth-order valence-corrected chi connectivity index (χ4v) is 2.10.